The van der Waals surface area contributed by atoms with Gasteiger partial charge in [0.25, 0.3) is 0 Å². The van der Waals surface area contributed by atoms with E-state index in [1.54, 1.807) is 14.2 Å². The maximum Gasteiger partial charge on any atom is 0.204 e. The van der Waals surface area contributed by atoms with Crippen LogP contribution in [-0.4, -0.2) is 43.4 Å². The van der Waals surface area contributed by atoms with E-state index in [2.05, 4.69) is 14.9 Å². The highest BCUT2D eigenvalue weighted by Gasteiger charge is 2.23. The van der Waals surface area contributed by atoms with Crippen molar-refractivity contribution in [3.63, 3.8) is 0 Å². The Hall–Kier alpha value is -1.56. The Morgan fingerprint density at radius 3 is 2.59 bits per heavy atom. The molecule has 2 heterocycles. The number of methoxy groups -OCH3 is 2. The van der Waals surface area contributed by atoms with Gasteiger partial charge in [0.05, 0.1) is 13.2 Å². The molecule has 0 spiro atoms. The van der Waals surface area contributed by atoms with E-state index >= 15 is 0 Å². The lowest BCUT2D eigenvalue weighted by Crippen LogP contribution is -2.37. The third-order valence-corrected chi connectivity index (χ3v) is 3.09. The second kappa shape index (κ2) is 5.18. The van der Waals surface area contributed by atoms with Crippen molar-refractivity contribution >= 4 is 11.6 Å². The van der Waals surface area contributed by atoms with Gasteiger partial charge in [0.2, 0.25) is 5.75 Å². The summed E-state index contributed by atoms with van der Waals surface area (Å²) < 4.78 is 10.6. The fraction of sp³-hybridized carbons (Fsp3) is 0.636. The lowest BCUT2D eigenvalue weighted by molar-refractivity contribution is 0.0817. The summed E-state index contributed by atoms with van der Waals surface area (Å²) in [4.78, 5) is 10.3. The van der Waals surface area contributed by atoms with Gasteiger partial charge in [0.1, 0.15) is 6.33 Å². The number of ether oxygens (including phenoxy) is 2. The van der Waals surface area contributed by atoms with Gasteiger partial charge in [-0.2, -0.15) is 0 Å². The summed E-state index contributed by atoms with van der Waals surface area (Å²) in [6.07, 6.45) is 3.79. The summed E-state index contributed by atoms with van der Waals surface area (Å²) >= 11 is 0. The Balaban J connectivity index is 2.15. The van der Waals surface area contributed by atoms with Gasteiger partial charge in [-0.05, 0) is 12.8 Å². The standard InChI is InChI=1S/C11H18N4O2/c1-16-8-3-5-15(6-4-8)11-9(17-2)10(12)13-7-14-11/h7-8H,3-6H2,1-2H3,(H2,12,13,14). The molecule has 1 aliphatic heterocycles. The van der Waals surface area contributed by atoms with E-state index in [-0.39, 0.29) is 0 Å². The van der Waals surface area contributed by atoms with Crippen LogP contribution in [0.4, 0.5) is 11.6 Å². The van der Waals surface area contributed by atoms with Crippen molar-refractivity contribution in [2.24, 2.45) is 0 Å². The third-order valence-electron chi connectivity index (χ3n) is 3.09. The molecule has 0 amide bonds. The molecular formula is C11H18N4O2. The van der Waals surface area contributed by atoms with Crippen molar-refractivity contribution < 1.29 is 9.47 Å². The topological polar surface area (TPSA) is 73.5 Å². The number of hydrogen-bond acceptors (Lipinski definition) is 6. The Morgan fingerprint density at radius 2 is 2.00 bits per heavy atom. The summed E-state index contributed by atoms with van der Waals surface area (Å²) in [6, 6.07) is 0. The highest BCUT2D eigenvalue weighted by atomic mass is 16.5. The van der Waals surface area contributed by atoms with Gasteiger partial charge in [-0.1, -0.05) is 0 Å². The van der Waals surface area contributed by atoms with Crippen LogP contribution >= 0.6 is 0 Å². The van der Waals surface area contributed by atoms with E-state index in [0.717, 1.165) is 31.7 Å². The molecule has 1 aliphatic rings. The maximum absolute atomic E-state index is 5.76. The van der Waals surface area contributed by atoms with Crippen LogP contribution in [0.15, 0.2) is 6.33 Å². The lowest BCUT2D eigenvalue weighted by Gasteiger charge is -2.32. The number of hydrogen-bond donors (Lipinski definition) is 1. The number of aromatic nitrogens is 2. The van der Waals surface area contributed by atoms with Crippen LogP contribution in [0.25, 0.3) is 0 Å². The predicted molar refractivity (Wildman–Crippen MR) is 65.2 cm³/mol. The molecule has 2 N–H and O–H groups in total. The summed E-state index contributed by atoms with van der Waals surface area (Å²) in [5, 5.41) is 0. The van der Waals surface area contributed by atoms with Gasteiger partial charge in [-0.15, -0.1) is 0 Å². The van der Waals surface area contributed by atoms with Crippen molar-refractivity contribution in [2.75, 3.05) is 37.9 Å². The van der Waals surface area contributed by atoms with Crippen molar-refractivity contribution in [1.82, 2.24) is 9.97 Å². The quantitative estimate of drug-likeness (QED) is 0.835. The molecule has 0 bridgehead atoms. The molecule has 94 valence electrons. The molecule has 0 radical (unpaired) electrons. The molecule has 1 aromatic rings. The van der Waals surface area contributed by atoms with Gasteiger partial charge in [0, 0.05) is 20.2 Å². The zero-order valence-corrected chi connectivity index (χ0v) is 10.2. The first kappa shape index (κ1) is 11.9. The number of nitrogens with two attached hydrogens (primary N) is 1. The molecule has 17 heavy (non-hydrogen) atoms. The molecule has 0 aromatic carbocycles. The van der Waals surface area contributed by atoms with E-state index in [4.69, 9.17) is 15.2 Å². The molecular weight excluding hydrogens is 220 g/mol. The number of nitrogen functional groups attached to an aromatic ring is 1. The molecule has 0 saturated carbocycles. The van der Waals surface area contributed by atoms with Crippen LogP contribution < -0.4 is 15.4 Å². The first-order chi connectivity index (χ1) is 8.26. The van der Waals surface area contributed by atoms with Gasteiger partial charge < -0.3 is 20.1 Å². The Kier molecular flexibility index (Phi) is 3.63. The van der Waals surface area contributed by atoms with Crippen LogP contribution in [0.1, 0.15) is 12.8 Å². The summed E-state index contributed by atoms with van der Waals surface area (Å²) in [5.41, 5.74) is 5.76. The van der Waals surface area contributed by atoms with Crippen molar-refractivity contribution in [2.45, 2.75) is 18.9 Å². The number of nitrogens with zero attached hydrogens (tertiary/aromatic N) is 3. The zero-order valence-electron chi connectivity index (χ0n) is 10.2. The molecule has 1 aromatic heterocycles. The molecule has 2 rings (SSSR count). The largest absolute Gasteiger partial charge is 0.490 e. The second-order valence-electron chi connectivity index (χ2n) is 4.04. The fourth-order valence-corrected chi connectivity index (χ4v) is 2.10. The molecule has 6 nitrogen and oxygen atoms in total. The molecule has 0 aliphatic carbocycles. The normalized spacial score (nSPS) is 17.2. The third kappa shape index (κ3) is 2.41. The minimum absolute atomic E-state index is 0.344. The van der Waals surface area contributed by atoms with Crippen LogP contribution in [0.5, 0.6) is 5.75 Å². The SMILES string of the molecule is COc1c(N)ncnc1N1CCC(OC)CC1. The fourth-order valence-electron chi connectivity index (χ4n) is 2.10. The van der Waals surface area contributed by atoms with Gasteiger partial charge in [-0.3, -0.25) is 0 Å². The Morgan fingerprint density at radius 1 is 1.29 bits per heavy atom. The van der Waals surface area contributed by atoms with E-state index in [0.29, 0.717) is 17.7 Å². The van der Waals surface area contributed by atoms with Crippen LogP contribution in [0.2, 0.25) is 0 Å². The summed E-state index contributed by atoms with van der Waals surface area (Å²) in [5.74, 6) is 1.71. The summed E-state index contributed by atoms with van der Waals surface area (Å²) in [7, 11) is 3.34. The highest BCUT2D eigenvalue weighted by Crippen LogP contribution is 2.31. The lowest BCUT2D eigenvalue weighted by atomic mass is 10.1. The molecule has 0 unspecified atom stereocenters. The van der Waals surface area contributed by atoms with Gasteiger partial charge in [0.15, 0.2) is 11.6 Å². The van der Waals surface area contributed by atoms with E-state index < -0.39 is 0 Å². The van der Waals surface area contributed by atoms with E-state index in [1.165, 1.54) is 6.33 Å². The number of rotatable bonds is 3. The van der Waals surface area contributed by atoms with E-state index in [1.807, 2.05) is 0 Å². The predicted octanol–water partition coefficient (Wildman–Crippen LogP) is 0.683. The first-order valence-electron chi connectivity index (χ1n) is 5.68. The maximum atomic E-state index is 5.76. The molecule has 6 heteroatoms. The number of anilines is 2. The monoisotopic (exact) mass is 238 g/mol. The molecule has 1 fully saturated rings. The molecule has 0 atom stereocenters. The Labute approximate surface area is 101 Å². The Bertz CT molecular complexity index is 378. The first-order valence-corrected chi connectivity index (χ1v) is 5.68. The van der Waals surface area contributed by atoms with E-state index in [9.17, 15) is 0 Å². The van der Waals surface area contributed by atoms with Crippen molar-refractivity contribution in [1.29, 1.82) is 0 Å². The van der Waals surface area contributed by atoms with Crippen LogP contribution in [0.3, 0.4) is 0 Å². The smallest absolute Gasteiger partial charge is 0.204 e. The minimum atomic E-state index is 0.344. The average Bonchev–Trinajstić information content (AvgIpc) is 2.38. The highest BCUT2D eigenvalue weighted by molar-refractivity contribution is 5.62. The number of piperidine rings is 1. The minimum Gasteiger partial charge on any atom is -0.490 e. The van der Waals surface area contributed by atoms with Gasteiger partial charge >= 0.3 is 0 Å². The van der Waals surface area contributed by atoms with Crippen molar-refractivity contribution in [3.8, 4) is 5.75 Å². The summed E-state index contributed by atoms with van der Waals surface area (Å²) in [6.45, 7) is 1.79. The molecule has 1 saturated heterocycles. The average molecular weight is 238 g/mol. The van der Waals surface area contributed by atoms with Crippen LogP contribution in [-0.2, 0) is 4.74 Å². The second-order valence-corrected chi connectivity index (χ2v) is 4.04. The van der Waals surface area contributed by atoms with Crippen LogP contribution in [0, 0.1) is 0 Å². The van der Waals surface area contributed by atoms with Crippen molar-refractivity contribution in [3.05, 3.63) is 6.33 Å². The van der Waals surface area contributed by atoms with Gasteiger partial charge in [-0.25, -0.2) is 9.97 Å². The zero-order chi connectivity index (χ0) is 12.3.